The van der Waals surface area contributed by atoms with E-state index in [-0.39, 0.29) is 29.1 Å². The predicted molar refractivity (Wildman–Crippen MR) is 82.7 cm³/mol. The van der Waals surface area contributed by atoms with Gasteiger partial charge in [-0.15, -0.1) is 0 Å². The Bertz CT molecular complexity index is 537. The SMILES string of the molecule is CC1CC(C(N)c2ccc(F)c(Cl)c2)CC(C)N1CC(F)(F)F. The van der Waals surface area contributed by atoms with Crippen molar-refractivity contribution in [2.75, 3.05) is 6.54 Å². The van der Waals surface area contributed by atoms with Gasteiger partial charge in [0.15, 0.2) is 0 Å². The molecule has 0 aliphatic carbocycles. The first-order valence-corrected chi connectivity index (χ1v) is 7.99. The second-order valence-corrected chi connectivity index (χ2v) is 6.82. The molecule has 0 amide bonds. The smallest absolute Gasteiger partial charge is 0.324 e. The molecule has 1 heterocycles. The molecule has 1 fully saturated rings. The van der Waals surface area contributed by atoms with Crippen LogP contribution >= 0.6 is 11.6 Å². The topological polar surface area (TPSA) is 29.3 Å². The monoisotopic (exact) mass is 352 g/mol. The van der Waals surface area contributed by atoms with Crippen molar-refractivity contribution in [1.82, 2.24) is 4.90 Å². The van der Waals surface area contributed by atoms with Crippen molar-refractivity contribution in [3.63, 3.8) is 0 Å². The van der Waals surface area contributed by atoms with Crippen molar-refractivity contribution >= 4 is 11.6 Å². The zero-order chi connectivity index (χ0) is 17.4. The Morgan fingerprint density at radius 1 is 1.26 bits per heavy atom. The van der Waals surface area contributed by atoms with Crippen LogP contribution in [0.25, 0.3) is 0 Å². The molecule has 1 aliphatic heterocycles. The maximum Gasteiger partial charge on any atom is 0.401 e. The number of nitrogens with zero attached hydrogens (tertiary/aromatic N) is 1. The maximum atomic E-state index is 13.3. The molecule has 3 unspecified atom stereocenters. The highest BCUT2D eigenvalue weighted by molar-refractivity contribution is 6.30. The molecule has 2 nitrogen and oxygen atoms in total. The number of hydrogen-bond donors (Lipinski definition) is 1. The van der Waals surface area contributed by atoms with Crippen molar-refractivity contribution in [2.24, 2.45) is 11.7 Å². The lowest BCUT2D eigenvalue weighted by Gasteiger charge is -2.44. The van der Waals surface area contributed by atoms with Crippen LogP contribution in [-0.2, 0) is 0 Å². The minimum atomic E-state index is -4.21. The van der Waals surface area contributed by atoms with E-state index in [2.05, 4.69) is 0 Å². The highest BCUT2D eigenvalue weighted by Crippen LogP contribution is 2.37. The van der Waals surface area contributed by atoms with Crippen molar-refractivity contribution in [1.29, 1.82) is 0 Å². The van der Waals surface area contributed by atoms with Crippen molar-refractivity contribution < 1.29 is 17.6 Å². The maximum absolute atomic E-state index is 13.3. The van der Waals surface area contributed by atoms with Gasteiger partial charge in [0.05, 0.1) is 11.6 Å². The first-order valence-electron chi connectivity index (χ1n) is 7.61. The van der Waals surface area contributed by atoms with Gasteiger partial charge in [0.2, 0.25) is 0 Å². The van der Waals surface area contributed by atoms with Crippen LogP contribution in [0.3, 0.4) is 0 Å². The molecule has 0 saturated carbocycles. The summed E-state index contributed by atoms with van der Waals surface area (Å²) in [6.45, 7) is 2.68. The lowest BCUT2D eigenvalue weighted by atomic mass is 9.80. The summed E-state index contributed by atoms with van der Waals surface area (Å²) in [5.74, 6) is -0.477. The molecule has 2 N–H and O–H groups in total. The molecule has 7 heteroatoms. The number of rotatable bonds is 3. The van der Waals surface area contributed by atoms with Crippen LogP contribution in [-0.4, -0.2) is 29.7 Å². The van der Waals surface area contributed by atoms with Crippen LogP contribution in [0.1, 0.15) is 38.3 Å². The molecular weight excluding hydrogens is 332 g/mol. The van der Waals surface area contributed by atoms with Crippen LogP contribution in [0, 0.1) is 11.7 Å². The minimum absolute atomic E-state index is 0.00792. The Morgan fingerprint density at radius 3 is 2.30 bits per heavy atom. The van der Waals surface area contributed by atoms with E-state index < -0.39 is 18.5 Å². The zero-order valence-corrected chi connectivity index (χ0v) is 13.8. The largest absolute Gasteiger partial charge is 0.401 e. The number of nitrogens with two attached hydrogens (primary N) is 1. The van der Waals surface area contributed by atoms with Gasteiger partial charge in [-0.1, -0.05) is 17.7 Å². The third kappa shape index (κ3) is 4.58. The second kappa shape index (κ2) is 6.95. The van der Waals surface area contributed by atoms with Crippen LogP contribution in [0.4, 0.5) is 17.6 Å². The molecule has 0 bridgehead atoms. The van der Waals surface area contributed by atoms with Gasteiger partial charge in [0.25, 0.3) is 0 Å². The standard InChI is InChI=1S/C16H21ClF4N2/c1-9-5-12(6-10(2)23(9)8-16(19,20)21)15(22)11-3-4-14(18)13(17)7-11/h3-4,7,9-10,12,15H,5-6,8,22H2,1-2H3. The van der Waals surface area contributed by atoms with Gasteiger partial charge in [0, 0.05) is 18.1 Å². The highest BCUT2D eigenvalue weighted by Gasteiger charge is 2.40. The third-order valence-electron chi connectivity index (χ3n) is 4.62. The van der Waals surface area contributed by atoms with Gasteiger partial charge in [-0.25, -0.2) is 4.39 Å². The van der Waals surface area contributed by atoms with E-state index in [4.69, 9.17) is 17.3 Å². The molecule has 2 rings (SSSR count). The number of piperidine rings is 1. The summed E-state index contributed by atoms with van der Waals surface area (Å²) in [4.78, 5) is 1.47. The quantitative estimate of drug-likeness (QED) is 0.810. The number of halogens is 5. The molecule has 1 saturated heterocycles. The summed E-state index contributed by atoms with van der Waals surface area (Å²) in [5.41, 5.74) is 6.98. The van der Waals surface area contributed by atoms with E-state index in [1.165, 1.54) is 17.0 Å². The molecule has 23 heavy (non-hydrogen) atoms. The Hall–Kier alpha value is -0.850. The second-order valence-electron chi connectivity index (χ2n) is 6.42. The Balaban J connectivity index is 2.09. The average Bonchev–Trinajstić information content (AvgIpc) is 2.44. The normalized spacial score (nSPS) is 27.9. The van der Waals surface area contributed by atoms with E-state index in [0.717, 1.165) is 0 Å². The fourth-order valence-electron chi connectivity index (χ4n) is 3.48. The van der Waals surface area contributed by atoms with Crippen LogP contribution in [0.5, 0.6) is 0 Å². The Kier molecular flexibility index (Phi) is 5.59. The van der Waals surface area contributed by atoms with E-state index in [9.17, 15) is 17.6 Å². The van der Waals surface area contributed by atoms with E-state index in [1.54, 1.807) is 19.9 Å². The molecule has 130 valence electrons. The summed E-state index contributed by atoms with van der Waals surface area (Å²) in [6, 6.07) is 3.55. The fraction of sp³-hybridized carbons (Fsp3) is 0.625. The van der Waals surface area contributed by atoms with E-state index in [0.29, 0.717) is 18.4 Å². The number of alkyl halides is 3. The van der Waals surface area contributed by atoms with Crippen molar-refractivity contribution in [3.8, 4) is 0 Å². The number of hydrogen-bond acceptors (Lipinski definition) is 2. The fourth-order valence-corrected chi connectivity index (χ4v) is 3.67. The van der Waals surface area contributed by atoms with Gasteiger partial charge < -0.3 is 5.73 Å². The highest BCUT2D eigenvalue weighted by atomic mass is 35.5. The molecule has 0 spiro atoms. The van der Waals surface area contributed by atoms with Crippen molar-refractivity contribution in [3.05, 3.63) is 34.6 Å². The van der Waals surface area contributed by atoms with Gasteiger partial charge in [-0.3, -0.25) is 4.90 Å². The van der Waals surface area contributed by atoms with Gasteiger partial charge >= 0.3 is 6.18 Å². The van der Waals surface area contributed by atoms with Gasteiger partial charge in [-0.2, -0.15) is 13.2 Å². The number of likely N-dealkylation sites (tertiary alicyclic amines) is 1. The summed E-state index contributed by atoms with van der Waals surface area (Å²) >= 11 is 5.79. The summed E-state index contributed by atoms with van der Waals surface area (Å²) < 4.78 is 51.3. The first kappa shape index (κ1) is 18.5. The summed E-state index contributed by atoms with van der Waals surface area (Å²) in [6.07, 6.45) is -3.07. The third-order valence-corrected chi connectivity index (χ3v) is 4.91. The van der Waals surface area contributed by atoms with Crippen molar-refractivity contribution in [2.45, 2.75) is 51.0 Å². The molecule has 1 aromatic carbocycles. The Labute approximate surface area is 138 Å². The van der Waals surface area contributed by atoms with Gasteiger partial charge in [-0.05, 0) is 50.3 Å². The van der Waals surface area contributed by atoms with E-state index in [1.807, 2.05) is 0 Å². The Morgan fingerprint density at radius 2 is 1.83 bits per heavy atom. The van der Waals surface area contributed by atoms with Crippen LogP contribution in [0.2, 0.25) is 5.02 Å². The molecular formula is C16H21ClF4N2. The predicted octanol–water partition coefficient (Wildman–Crippen LogP) is 4.53. The van der Waals surface area contributed by atoms with E-state index >= 15 is 0 Å². The molecule has 1 aliphatic rings. The molecule has 0 radical (unpaired) electrons. The number of benzene rings is 1. The molecule has 0 aromatic heterocycles. The lowest BCUT2D eigenvalue weighted by molar-refractivity contribution is -0.161. The van der Waals surface area contributed by atoms with Crippen LogP contribution in [0.15, 0.2) is 18.2 Å². The lowest BCUT2D eigenvalue weighted by Crippen LogP contribution is -2.51. The molecule has 1 aromatic rings. The van der Waals surface area contributed by atoms with Crippen LogP contribution < -0.4 is 5.73 Å². The summed E-state index contributed by atoms with van der Waals surface area (Å²) in [5, 5.41) is 0.00792. The zero-order valence-electron chi connectivity index (χ0n) is 13.1. The van der Waals surface area contributed by atoms with Gasteiger partial charge in [0.1, 0.15) is 5.82 Å². The first-order chi connectivity index (χ1) is 10.6. The minimum Gasteiger partial charge on any atom is -0.324 e. The summed E-state index contributed by atoms with van der Waals surface area (Å²) in [7, 11) is 0. The molecule has 3 atom stereocenters. The average molecular weight is 353 g/mol.